The zero-order chi connectivity index (χ0) is 15.0. The first-order valence-corrected chi connectivity index (χ1v) is 7.82. The molecule has 0 unspecified atom stereocenters. The monoisotopic (exact) mass is 288 g/mol. The SMILES string of the molecule is Cc1ccc(CC2CC3(C2)CN(C=O)C3)nc1OC(C)C. The summed E-state index contributed by atoms with van der Waals surface area (Å²) in [6, 6.07) is 4.22. The van der Waals surface area contributed by atoms with E-state index in [2.05, 4.69) is 17.1 Å². The number of hydrogen-bond donors (Lipinski definition) is 0. The predicted octanol–water partition coefficient (Wildman–Crippen LogP) is 2.59. The van der Waals surface area contributed by atoms with Gasteiger partial charge in [-0.1, -0.05) is 6.07 Å². The number of aromatic nitrogens is 1. The van der Waals surface area contributed by atoms with E-state index in [4.69, 9.17) is 4.74 Å². The molecule has 4 heteroatoms. The van der Waals surface area contributed by atoms with Gasteiger partial charge in [-0.2, -0.15) is 0 Å². The van der Waals surface area contributed by atoms with Crippen molar-refractivity contribution in [2.75, 3.05) is 13.1 Å². The van der Waals surface area contributed by atoms with Crippen LogP contribution in [0.1, 0.15) is 37.9 Å². The number of amides is 1. The fourth-order valence-corrected chi connectivity index (χ4v) is 3.76. The fourth-order valence-electron chi connectivity index (χ4n) is 3.76. The second-order valence-electron chi connectivity index (χ2n) is 7.08. The Labute approximate surface area is 126 Å². The number of pyridine rings is 1. The third-order valence-corrected chi connectivity index (χ3v) is 4.62. The summed E-state index contributed by atoms with van der Waals surface area (Å²) in [6.45, 7) is 8.00. The van der Waals surface area contributed by atoms with Crippen molar-refractivity contribution in [3.8, 4) is 5.88 Å². The Kier molecular flexibility index (Phi) is 3.64. The van der Waals surface area contributed by atoms with Crippen molar-refractivity contribution in [2.45, 2.75) is 46.1 Å². The summed E-state index contributed by atoms with van der Waals surface area (Å²) < 4.78 is 5.76. The van der Waals surface area contributed by atoms with E-state index in [1.54, 1.807) is 0 Å². The lowest BCUT2D eigenvalue weighted by Gasteiger charge is -2.58. The number of aryl methyl sites for hydroxylation is 1. The number of rotatable bonds is 5. The predicted molar refractivity (Wildman–Crippen MR) is 81.2 cm³/mol. The van der Waals surface area contributed by atoms with Gasteiger partial charge in [-0.3, -0.25) is 4.79 Å². The van der Waals surface area contributed by atoms with E-state index in [0.717, 1.165) is 43.1 Å². The molecule has 4 nitrogen and oxygen atoms in total. The highest BCUT2D eigenvalue weighted by Gasteiger charge is 2.51. The average molecular weight is 288 g/mol. The Bertz CT molecular complexity index is 528. The molecule has 0 atom stereocenters. The summed E-state index contributed by atoms with van der Waals surface area (Å²) in [4.78, 5) is 17.2. The molecule has 1 aromatic rings. The molecule has 1 saturated heterocycles. The van der Waals surface area contributed by atoms with Crippen LogP contribution in [0.3, 0.4) is 0 Å². The maximum absolute atomic E-state index is 10.6. The smallest absolute Gasteiger partial charge is 0.216 e. The van der Waals surface area contributed by atoms with Gasteiger partial charge in [0.05, 0.1) is 6.10 Å². The molecule has 114 valence electrons. The van der Waals surface area contributed by atoms with Gasteiger partial charge in [0.15, 0.2) is 0 Å². The van der Waals surface area contributed by atoms with Gasteiger partial charge in [0.25, 0.3) is 0 Å². The lowest BCUT2D eigenvalue weighted by Crippen LogP contribution is -2.61. The molecule has 1 spiro atoms. The summed E-state index contributed by atoms with van der Waals surface area (Å²) in [5, 5.41) is 0. The first kappa shape index (κ1) is 14.4. The van der Waals surface area contributed by atoms with Crippen LogP contribution in [0.2, 0.25) is 0 Å². The van der Waals surface area contributed by atoms with Gasteiger partial charge in [-0.25, -0.2) is 4.98 Å². The van der Waals surface area contributed by atoms with E-state index in [1.807, 2.05) is 25.7 Å². The number of carbonyl (C=O) groups is 1. The molecule has 21 heavy (non-hydrogen) atoms. The van der Waals surface area contributed by atoms with E-state index in [1.165, 1.54) is 12.8 Å². The molecule has 3 rings (SSSR count). The third kappa shape index (κ3) is 2.89. The molecular formula is C17H24N2O2. The second-order valence-corrected chi connectivity index (χ2v) is 7.08. The first-order chi connectivity index (χ1) is 9.99. The van der Waals surface area contributed by atoms with Gasteiger partial charge in [0.2, 0.25) is 12.3 Å². The van der Waals surface area contributed by atoms with E-state index < -0.39 is 0 Å². The van der Waals surface area contributed by atoms with Crippen molar-refractivity contribution in [1.29, 1.82) is 0 Å². The van der Waals surface area contributed by atoms with Crippen LogP contribution in [0.5, 0.6) is 5.88 Å². The van der Waals surface area contributed by atoms with Gasteiger partial charge in [-0.15, -0.1) is 0 Å². The molecule has 1 aliphatic carbocycles. The number of likely N-dealkylation sites (tertiary alicyclic amines) is 1. The van der Waals surface area contributed by atoms with Crippen LogP contribution in [0.15, 0.2) is 12.1 Å². The van der Waals surface area contributed by atoms with Gasteiger partial charge in [0.1, 0.15) is 0 Å². The standard InChI is InChI=1S/C17H24N2O2/c1-12(2)21-16-13(3)4-5-15(18-16)6-14-7-17(8-14)9-19(10-17)11-20/h4-5,11-12,14H,6-10H2,1-3H3. The van der Waals surface area contributed by atoms with Crippen molar-refractivity contribution in [1.82, 2.24) is 9.88 Å². The van der Waals surface area contributed by atoms with E-state index >= 15 is 0 Å². The Morgan fingerprint density at radius 2 is 2.14 bits per heavy atom. The van der Waals surface area contributed by atoms with Crippen LogP contribution >= 0.6 is 0 Å². The fraction of sp³-hybridized carbons (Fsp3) is 0.647. The number of nitrogens with zero attached hydrogens (tertiary/aromatic N) is 2. The summed E-state index contributed by atoms with van der Waals surface area (Å²) in [5.41, 5.74) is 2.66. The second kappa shape index (κ2) is 5.32. The Morgan fingerprint density at radius 1 is 1.43 bits per heavy atom. The Hall–Kier alpha value is -1.58. The number of hydrogen-bond acceptors (Lipinski definition) is 3. The average Bonchev–Trinajstić information content (AvgIpc) is 2.33. The van der Waals surface area contributed by atoms with Crippen LogP contribution in [-0.4, -0.2) is 35.5 Å². The van der Waals surface area contributed by atoms with Crippen molar-refractivity contribution in [3.05, 3.63) is 23.4 Å². The van der Waals surface area contributed by atoms with E-state index in [9.17, 15) is 4.79 Å². The quantitative estimate of drug-likeness (QED) is 0.782. The van der Waals surface area contributed by atoms with Crippen molar-refractivity contribution in [3.63, 3.8) is 0 Å². The Morgan fingerprint density at radius 3 is 2.76 bits per heavy atom. The lowest BCUT2D eigenvalue weighted by atomic mass is 9.57. The minimum absolute atomic E-state index is 0.155. The van der Waals surface area contributed by atoms with Crippen LogP contribution in [0, 0.1) is 18.3 Å². The minimum Gasteiger partial charge on any atom is -0.475 e. The van der Waals surface area contributed by atoms with Crippen LogP contribution in [0.25, 0.3) is 0 Å². The van der Waals surface area contributed by atoms with E-state index in [0.29, 0.717) is 11.3 Å². The highest BCUT2D eigenvalue weighted by atomic mass is 16.5. The van der Waals surface area contributed by atoms with Crippen LogP contribution in [-0.2, 0) is 11.2 Å². The molecule has 2 aliphatic rings. The largest absolute Gasteiger partial charge is 0.475 e. The van der Waals surface area contributed by atoms with Gasteiger partial charge < -0.3 is 9.64 Å². The van der Waals surface area contributed by atoms with Crippen molar-refractivity contribution >= 4 is 6.41 Å². The zero-order valence-corrected chi connectivity index (χ0v) is 13.1. The molecule has 0 N–H and O–H groups in total. The van der Waals surface area contributed by atoms with Crippen LogP contribution < -0.4 is 4.74 Å². The molecule has 1 aromatic heterocycles. The first-order valence-electron chi connectivity index (χ1n) is 7.82. The summed E-state index contributed by atoms with van der Waals surface area (Å²) in [7, 11) is 0. The molecule has 1 amide bonds. The van der Waals surface area contributed by atoms with Gasteiger partial charge in [-0.05, 0) is 52.0 Å². The molecule has 0 radical (unpaired) electrons. The number of ether oxygens (including phenoxy) is 1. The molecule has 0 bridgehead atoms. The maximum Gasteiger partial charge on any atom is 0.216 e. The molecule has 0 aromatic carbocycles. The molecule has 2 heterocycles. The summed E-state index contributed by atoms with van der Waals surface area (Å²) in [6.07, 6.45) is 4.61. The van der Waals surface area contributed by atoms with Crippen molar-refractivity contribution in [2.24, 2.45) is 11.3 Å². The summed E-state index contributed by atoms with van der Waals surface area (Å²) in [5.74, 6) is 1.48. The maximum atomic E-state index is 10.6. The third-order valence-electron chi connectivity index (χ3n) is 4.62. The Balaban J connectivity index is 1.56. The topological polar surface area (TPSA) is 42.4 Å². The van der Waals surface area contributed by atoms with Crippen LogP contribution in [0.4, 0.5) is 0 Å². The minimum atomic E-state index is 0.155. The molecule has 2 fully saturated rings. The van der Waals surface area contributed by atoms with E-state index in [-0.39, 0.29) is 6.10 Å². The molecular weight excluding hydrogens is 264 g/mol. The molecule has 1 aliphatic heterocycles. The van der Waals surface area contributed by atoms with Crippen molar-refractivity contribution < 1.29 is 9.53 Å². The van der Waals surface area contributed by atoms with Gasteiger partial charge in [0, 0.05) is 29.8 Å². The highest BCUT2D eigenvalue weighted by molar-refractivity contribution is 5.49. The highest BCUT2D eigenvalue weighted by Crippen LogP contribution is 2.52. The zero-order valence-electron chi connectivity index (χ0n) is 13.1. The lowest BCUT2D eigenvalue weighted by molar-refractivity contribution is -0.141. The number of carbonyl (C=O) groups excluding carboxylic acids is 1. The normalized spacial score (nSPS) is 20.3. The summed E-state index contributed by atoms with van der Waals surface area (Å²) >= 11 is 0. The molecule has 1 saturated carbocycles. The van der Waals surface area contributed by atoms with Gasteiger partial charge >= 0.3 is 0 Å².